The Kier molecular flexibility index (Phi) is 6.22. The molecular weight excluding hydrogens is 486 g/mol. The normalized spacial score (nSPS) is 17.4. The molecule has 0 aliphatic carbocycles. The van der Waals surface area contributed by atoms with Gasteiger partial charge in [-0.15, -0.1) is 0 Å². The van der Waals surface area contributed by atoms with Crippen LogP contribution in [-0.2, 0) is 27.3 Å². The van der Waals surface area contributed by atoms with E-state index >= 15 is 0 Å². The molecule has 1 fully saturated rings. The lowest BCUT2D eigenvalue weighted by Crippen LogP contribution is -2.42. The van der Waals surface area contributed by atoms with Crippen molar-refractivity contribution in [3.8, 4) is 0 Å². The molecule has 1 aromatic carbocycles. The fourth-order valence-corrected chi connectivity index (χ4v) is 6.27. The summed E-state index contributed by atoms with van der Waals surface area (Å²) in [6.07, 6.45) is 8.16. The van der Waals surface area contributed by atoms with Crippen LogP contribution in [0.25, 0.3) is 11.0 Å². The quantitative estimate of drug-likeness (QED) is 0.250. The number of unbranched alkanes of at least 4 members (excludes halogenated alkanes) is 1. The van der Waals surface area contributed by atoms with Crippen LogP contribution in [0, 0.1) is 0 Å². The standard InChI is InChI=1S/C32H35N5O2/c1-31(29-22-26-11-4-6-17-36(26)33-29,30-23-27-12-5-7-18-37(27)34-30)38-21-9-8-16-35-19-14-32(15-20-35)28-13-3-2-10-25(28)24-39-32/h2-7,10-13,17-18,22-23H,8-9,14-16,19-21,24H2,1H3. The van der Waals surface area contributed by atoms with Gasteiger partial charge < -0.3 is 14.4 Å². The van der Waals surface area contributed by atoms with Crippen LogP contribution >= 0.6 is 0 Å². The highest BCUT2D eigenvalue weighted by molar-refractivity contribution is 5.52. The van der Waals surface area contributed by atoms with Gasteiger partial charge in [-0.05, 0) is 86.7 Å². The van der Waals surface area contributed by atoms with E-state index in [9.17, 15) is 0 Å². The minimum atomic E-state index is -0.747. The van der Waals surface area contributed by atoms with E-state index in [1.165, 1.54) is 11.1 Å². The molecule has 0 amide bonds. The number of pyridine rings is 2. The van der Waals surface area contributed by atoms with Crippen molar-refractivity contribution in [1.82, 2.24) is 24.1 Å². The smallest absolute Gasteiger partial charge is 0.153 e. The third-order valence-electron chi connectivity index (χ3n) is 8.65. The molecule has 0 unspecified atom stereocenters. The van der Waals surface area contributed by atoms with Crippen molar-refractivity contribution < 1.29 is 9.47 Å². The van der Waals surface area contributed by atoms with Crippen LogP contribution in [0.4, 0.5) is 0 Å². The lowest BCUT2D eigenvalue weighted by Gasteiger charge is -2.39. The second-order valence-corrected chi connectivity index (χ2v) is 11.1. The lowest BCUT2D eigenvalue weighted by atomic mass is 9.84. The largest absolute Gasteiger partial charge is 0.365 e. The van der Waals surface area contributed by atoms with Crippen molar-refractivity contribution in [2.24, 2.45) is 0 Å². The van der Waals surface area contributed by atoms with Crippen molar-refractivity contribution in [1.29, 1.82) is 0 Å². The maximum atomic E-state index is 6.68. The first-order valence-electron chi connectivity index (χ1n) is 14.1. The molecule has 0 saturated carbocycles. The van der Waals surface area contributed by atoms with Gasteiger partial charge in [-0.3, -0.25) is 0 Å². The van der Waals surface area contributed by atoms with Gasteiger partial charge in [0, 0.05) is 32.1 Å². The maximum absolute atomic E-state index is 6.68. The molecule has 1 spiro atoms. The summed E-state index contributed by atoms with van der Waals surface area (Å²) >= 11 is 0. The van der Waals surface area contributed by atoms with Gasteiger partial charge in [0.1, 0.15) is 11.4 Å². The van der Waals surface area contributed by atoms with Crippen LogP contribution in [0.3, 0.4) is 0 Å². The zero-order valence-electron chi connectivity index (χ0n) is 22.5. The van der Waals surface area contributed by atoms with E-state index in [4.69, 9.17) is 19.7 Å². The summed E-state index contributed by atoms with van der Waals surface area (Å²) in [5.74, 6) is 0. The zero-order chi connectivity index (χ0) is 26.3. The Morgan fingerprint density at radius 3 is 2.15 bits per heavy atom. The van der Waals surface area contributed by atoms with Gasteiger partial charge in [-0.2, -0.15) is 10.2 Å². The number of fused-ring (bicyclic) bond motifs is 4. The second kappa shape index (κ2) is 9.90. The van der Waals surface area contributed by atoms with Gasteiger partial charge in [0.05, 0.1) is 23.2 Å². The first kappa shape index (κ1) is 24.5. The van der Waals surface area contributed by atoms with Crippen molar-refractivity contribution in [2.75, 3.05) is 26.2 Å². The molecule has 0 N–H and O–H groups in total. The van der Waals surface area contributed by atoms with Gasteiger partial charge in [-0.25, -0.2) is 9.03 Å². The van der Waals surface area contributed by atoms with Crippen molar-refractivity contribution in [3.05, 3.63) is 108 Å². The number of hydrogen-bond acceptors (Lipinski definition) is 5. The van der Waals surface area contributed by atoms with Crippen LogP contribution in [0.2, 0.25) is 0 Å². The summed E-state index contributed by atoms with van der Waals surface area (Å²) in [4.78, 5) is 2.58. The molecule has 0 bridgehead atoms. The second-order valence-electron chi connectivity index (χ2n) is 11.1. The van der Waals surface area contributed by atoms with E-state index < -0.39 is 5.60 Å². The highest BCUT2D eigenvalue weighted by atomic mass is 16.5. The number of hydrogen-bond donors (Lipinski definition) is 0. The summed E-state index contributed by atoms with van der Waals surface area (Å²) in [7, 11) is 0. The van der Waals surface area contributed by atoms with E-state index in [1.54, 1.807) is 0 Å². The van der Waals surface area contributed by atoms with Gasteiger partial charge in [0.25, 0.3) is 0 Å². The average molecular weight is 522 g/mol. The number of rotatable bonds is 8. The lowest BCUT2D eigenvalue weighted by molar-refractivity contribution is -0.0792. The van der Waals surface area contributed by atoms with Crippen molar-refractivity contribution >= 4 is 11.0 Å². The Morgan fingerprint density at radius 1 is 0.846 bits per heavy atom. The van der Waals surface area contributed by atoms with Gasteiger partial charge in [-0.1, -0.05) is 36.4 Å². The topological polar surface area (TPSA) is 56.3 Å². The molecule has 6 heterocycles. The minimum Gasteiger partial charge on any atom is -0.365 e. The van der Waals surface area contributed by atoms with Crippen LogP contribution in [0.15, 0.2) is 85.2 Å². The summed E-state index contributed by atoms with van der Waals surface area (Å²) < 4.78 is 16.8. The fraction of sp³-hybridized carbons (Fsp3) is 0.375. The fourth-order valence-electron chi connectivity index (χ4n) is 6.27. The summed E-state index contributed by atoms with van der Waals surface area (Å²) in [5.41, 5.74) is 5.79. The molecular formula is C32H35N5O2. The van der Waals surface area contributed by atoms with E-state index in [2.05, 4.69) is 60.4 Å². The third kappa shape index (κ3) is 4.44. The number of piperidine rings is 1. The monoisotopic (exact) mass is 521 g/mol. The van der Waals surface area contributed by atoms with Crippen LogP contribution < -0.4 is 0 Å². The highest BCUT2D eigenvalue weighted by Crippen LogP contribution is 2.44. The van der Waals surface area contributed by atoms with Gasteiger partial charge >= 0.3 is 0 Å². The Balaban J connectivity index is 0.997. The van der Waals surface area contributed by atoms with Gasteiger partial charge in [0.2, 0.25) is 0 Å². The van der Waals surface area contributed by atoms with E-state index in [-0.39, 0.29) is 5.60 Å². The Labute approximate surface area is 229 Å². The molecule has 200 valence electrons. The predicted octanol–water partition coefficient (Wildman–Crippen LogP) is 5.56. The molecule has 5 aromatic rings. The molecule has 0 atom stereocenters. The van der Waals surface area contributed by atoms with Crippen molar-refractivity contribution in [2.45, 2.75) is 50.4 Å². The SMILES string of the molecule is CC(OCCCCN1CCC2(CC1)OCc1ccccc12)(c1cc2ccccn2n1)c1cc2ccccn2n1. The minimum absolute atomic E-state index is 0.0692. The molecule has 1 saturated heterocycles. The maximum Gasteiger partial charge on any atom is 0.153 e. The molecule has 7 nitrogen and oxygen atoms in total. The van der Waals surface area contributed by atoms with E-state index in [0.717, 1.165) is 74.3 Å². The Bertz CT molecular complexity index is 1460. The van der Waals surface area contributed by atoms with Crippen molar-refractivity contribution in [3.63, 3.8) is 0 Å². The first-order chi connectivity index (χ1) is 19.1. The molecule has 39 heavy (non-hydrogen) atoms. The Hall–Kier alpha value is -3.52. The summed E-state index contributed by atoms with van der Waals surface area (Å²) in [6.45, 7) is 6.74. The number of likely N-dealkylation sites (tertiary alicyclic amines) is 1. The van der Waals surface area contributed by atoms with Crippen LogP contribution in [0.1, 0.15) is 55.1 Å². The summed E-state index contributed by atoms with van der Waals surface area (Å²) in [6, 6.07) is 25.1. The Morgan fingerprint density at radius 2 is 1.49 bits per heavy atom. The first-order valence-corrected chi connectivity index (χ1v) is 14.1. The van der Waals surface area contributed by atoms with Gasteiger partial charge in [0.15, 0.2) is 5.60 Å². The molecule has 2 aliphatic rings. The van der Waals surface area contributed by atoms with Crippen LogP contribution in [0.5, 0.6) is 0 Å². The molecule has 2 aliphatic heterocycles. The summed E-state index contributed by atoms with van der Waals surface area (Å²) in [5, 5.41) is 9.75. The average Bonchev–Trinajstić information content (AvgIpc) is 3.70. The number of nitrogens with zero attached hydrogens (tertiary/aromatic N) is 5. The van der Waals surface area contributed by atoms with E-state index in [1.807, 2.05) is 45.7 Å². The van der Waals surface area contributed by atoms with E-state index in [0.29, 0.717) is 6.61 Å². The predicted molar refractivity (Wildman–Crippen MR) is 151 cm³/mol. The highest BCUT2D eigenvalue weighted by Gasteiger charge is 2.42. The zero-order valence-corrected chi connectivity index (χ0v) is 22.5. The number of aromatic nitrogens is 4. The van der Waals surface area contributed by atoms with Crippen LogP contribution in [-0.4, -0.2) is 50.4 Å². The molecule has 4 aromatic heterocycles. The number of benzene rings is 1. The third-order valence-corrected chi connectivity index (χ3v) is 8.65. The molecule has 0 radical (unpaired) electrons. The number of ether oxygens (including phenoxy) is 2. The molecule has 7 heteroatoms. The molecule has 7 rings (SSSR count).